The third-order valence-electron chi connectivity index (χ3n) is 1.97. The van der Waals surface area contributed by atoms with E-state index in [2.05, 4.69) is 5.43 Å². The predicted molar refractivity (Wildman–Crippen MR) is 53.4 cm³/mol. The zero-order chi connectivity index (χ0) is 10.8. The fourth-order valence-corrected chi connectivity index (χ4v) is 1.19. The Bertz CT molecular complexity index is 440. The number of nitrogens with zero attached hydrogens (tertiary/aromatic N) is 1. The molecule has 0 fully saturated rings. The van der Waals surface area contributed by atoms with E-state index in [9.17, 15) is 8.78 Å². The molecule has 0 aromatic heterocycles. The quantitative estimate of drug-likeness (QED) is 0.738. The van der Waals surface area contributed by atoms with Gasteiger partial charge in [-0.25, -0.2) is 8.78 Å². The molecule has 1 aromatic carbocycles. The van der Waals surface area contributed by atoms with Gasteiger partial charge in [-0.3, -0.25) is 10.4 Å². The average molecular weight is 209 g/mol. The van der Waals surface area contributed by atoms with Crippen molar-refractivity contribution in [3.63, 3.8) is 0 Å². The van der Waals surface area contributed by atoms with Crippen molar-refractivity contribution in [2.75, 3.05) is 5.01 Å². The second kappa shape index (κ2) is 3.61. The monoisotopic (exact) mass is 209 g/mol. The molecule has 1 aromatic rings. The standard InChI is InChI=1S/C10H9F2N3/c11-9-2-1-8(5-10(9)12)15-4-3-7(13)6-14-15/h1-6,14H,13H2. The van der Waals surface area contributed by atoms with Crippen LogP contribution in [0.2, 0.25) is 0 Å². The lowest BCUT2D eigenvalue weighted by Gasteiger charge is -2.23. The van der Waals surface area contributed by atoms with Crippen molar-refractivity contribution in [2.24, 2.45) is 5.73 Å². The normalized spacial score (nSPS) is 14.8. The van der Waals surface area contributed by atoms with Gasteiger partial charge >= 0.3 is 0 Å². The van der Waals surface area contributed by atoms with Crippen molar-refractivity contribution >= 4 is 5.69 Å². The van der Waals surface area contributed by atoms with Gasteiger partial charge in [0, 0.05) is 18.5 Å². The highest BCUT2D eigenvalue weighted by atomic mass is 19.2. The molecule has 0 bridgehead atoms. The molecule has 5 heteroatoms. The van der Waals surface area contributed by atoms with E-state index in [1.54, 1.807) is 18.5 Å². The minimum atomic E-state index is -0.884. The number of allylic oxidation sites excluding steroid dienone is 1. The zero-order valence-electron chi connectivity index (χ0n) is 7.74. The predicted octanol–water partition coefficient (Wildman–Crippen LogP) is 1.60. The molecule has 0 amide bonds. The molecular weight excluding hydrogens is 200 g/mol. The maximum atomic E-state index is 12.9. The first-order chi connectivity index (χ1) is 7.16. The third kappa shape index (κ3) is 1.90. The summed E-state index contributed by atoms with van der Waals surface area (Å²) >= 11 is 0. The second-order valence-corrected chi connectivity index (χ2v) is 3.06. The number of anilines is 1. The van der Waals surface area contributed by atoms with Crippen LogP contribution in [-0.2, 0) is 0 Å². The Morgan fingerprint density at radius 2 is 2.00 bits per heavy atom. The fourth-order valence-electron chi connectivity index (χ4n) is 1.19. The Morgan fingerprint density at radius 3 is 2.60 bits per heavy atom. The van der Waals surface area contributed by atoms with Crippen LogP contribution < -0.4 is 16.2 Å². The minimum Gasteiger partial charge on any atom is -0.397 e. The fraction of sp³-hybridized carbons (Fsp3) is 0. The molecule has 0 spiro atoms. The van der Waals surface area contributed by atoms with Gasteiger partial charge < -0.3 is 5.73 Å². The van der Waals surface area contributed by atoms with Crippen LogP contribution in [0.15, 0.2) is 42.4 Å². The summed E-state index contributed by atoms with van der Waals surface area (Å²) in [5.74, 6) is -1.75. The van der Waals surface area contributed by atoms with Gasteiger partial charge in [0.15, 0.2) is 11.6 Å². The number of benzene rings is 1. The van der Waals surface area contributed by atoms with Crippen molar-refractivity contribution in [3.05, 3.63) is 54.0 Å². The van der Waals surface area contributed by atoms with Gasteiger partial charge in [-0.05, 0) is 18.2 Å². The van der Waals surface area contributed by atoms with Crippen LogP contribution in [0.5, 0.6) is 0 Å². The van der Waals surface area contributed by atoms with Crippen LogP contribution in [0.4, 0.5) is 14.5 Å². The van der Waals surface area contributed by atoms with Crippen LogP contribution in [0.3, 0.4) is 0 Å². The zero-order valence-corrected chi connectivity index (χ0v) is 7.74. The van der Waals surface area contributed by atoms with Gasteiger partial charge in [-0.15, -0.1) is 0 Å². The van der Waals surface area contributed by atoms with Crippen LogP contribution in [0.25, 0.3) is 0 Å². The van der Waals surface area contributed by atoms with Crippen molar-refractivity contribution in [1.82, 2.24) is 5.43 Å². The van der Waals surface area contributed by atoms with Gasteiger partial charge in [0.25, 0.3) is 0 Å². The lowest BCUT2D eigenvalue weighted by molar-refractivity contribution is 0.508. The Hall–Kier alpha value is -2.04. The van der Waals surface area contributed by atoms with Crippen LogP contribution in [0.1, 0.15) is 0 Å². The number of nitrogens with one attached hydrogen (secondary N) is 1. The molecule has 0 unspecified atom stereocenters. The van der Waals surface area contributed by atoms with Gasteiger partial charge in [0.05, 0.1) is 11.4 Å². The van der Waals surface area contributed by atoms with E-state index in [1.165, 1.54) is 11.1 Å². The van der Waals surface area contributed by atoms with E-state index in [1.807, 2.05) is 0 Å². The van der Waals surface area contributed by atoms with E-state index in [0.29, 0.717) is 11.4 Å². The van der Waals surface area contributed by atoms with Gasteiger partial charge in [-0.1, -0.05) is 0 Å². The average Bonchev–Trinajstić information content (AvgIpc) is 2.23. The number of rotatable bonds is 1. The Labute approximate surface area is 85.5 Å². The van der Waals surface area contributed by atoms with Crippen molar-refractivity contribution in [2.45, 2.75) is 0 Å². The number of hydrogen-bond donors (Lipinski definition) is 2. The van der Waals surface area contributed by atoms with Gasteiger partial charge in [-0.2, -0.15) is 0 Å². The van der Waals surface area contributed by atoms with Crippen molar-refractivity contribution < 1.29 is 8.78 Å². The van der Waals surface area contributed by atoms with Crippen molar-refractivity contribution in [1.29, 1.82) is 0 Å². The first-order valence-electron chi connectivity index (χ1n) is 4.31. The van der Waals surface area contributed by atoms with Gasteiger partial charge in [0.1, 0.15) is 0 Å². The highest BCUT2D eigenvalue weighted by Crippen LogP contribution is 2.18. The third-order valence-corrected chi connectivity index (χ3v) is 1.97. The SMILES string of the molecule is NC1=CNN(c2ccc(F)c(F)c2)C=C1. The van der Waals surface area contributed by atoms with E-state index in [4.69, 9.17) is 5.73 Å². The molecule has 2 rings (SSSR count). The van der Waals surface area contributed by atoms with Crippen molar-refractivity contribution in [3.8, 4) is 0 Å². The smallest absolute Gasteiger partial charge is 0.160 e. The van der Waals surface area contributed by atoms with E-state index < -0.39 is 11.6 Å². The molecule has 3 nitrogen and oxygen atoms in total. The molecule has 0 atom stereocenters. The second-order valence-electron chi connectivity index (χ2n) is 3.06. The summed E-state index contributed by atoms with van der Waals surface area (Å²) in [6.07, 6.45) is 4.83. The largest absolute Gasteiger partial charge is 0.397 e. The summed E-state index contributed by atoms with van der Waals surface area (Å²) in [6.45, 7) is 0. The number of nitrogens with two attached hydrogens (primary N) is 1. The molecule has 1 aliphatic rings. The Kier molecular flexibility index (Phi) is 2.29. The summed E-state index contributed by atoms with van der Waals surface area (Å²) < 4.78 is 25.6. The molecule has 78 valence electrons. The van der Waals surface area contributed by atoms with E-state index in [-0.39, 0.29) is 0 Å². The minimum absolute atomic E-state index is 0.494. The van der Waals surface area contributed by atoms with Crippen LogP contribution >= 0.6 is 0 Å². The Balaban J connectivity index is 2.25. The topological polar surface area (TPSA) is 41.3 Å². The molecular formula is C10H9F2N3. The van der Waals surface area contributed by atoms with Crippen LogP contribution in [-0.4, -0.2) is 0 Å². The molecule has 0 saturated carbocycles. The van der Waals surface area contributed by atoms with Crippen LogP contribution in [0, 0.1) is 11.6 Å². The first kappa shape index (κ1) is 9.51. The summed E-state index contributed by atoms with van der Waals surface area (Å²) in [7, 11) is 0. The number of hydrogen-bond acceptors (Lipinski definition) is 3. The van der Waals surface area contributed by atoms with E-state index >= 15 is 0 Å². The Morgan fingerprint density at radius 1 is 1.20 bits per heavy atom. The summed E-state index contributed by atoms with van der Waals surface area (Å²) in [5, 5.41) is 1.53. The molecule has 1 heterocycles. The lowest BCUT2D eigenvalue weighted by atomic mass is 10.3. The first-order valence-corrected chi connectivity index (χ1v) is 4.31. The number of hydrazine groups is 1. The molecule has 15 heavy (non-hydrogen) atoms. The lowest BCUT2D eigenvalue weighted by Crippen LogP contribution is -2.32. The van der Waals surface area contributed by atoms with Gasteiger partial charge in [0.2, 0.25) is 0 Å². The van der Waals surface area contributed by atoms with E-state index in [0.717, 1.165) is 12.1 Å². The summed E-state index contributed by atoms with van der Waals surface area (Å²) in [4.78, 5) is 0. The molecule has 3 N–H and O–H groups in total. The highest BCUT2D eigenvalue weighted by Gasteiger charge is 2.08. The maximum absolute atomic E-state index is 12.9. The molecule has 0 radical (unpaired) electrons. The number of halogens is 2. The summed E-state index contributed by atoms with van der Waals surface area (Å²) in [6, 6.07) is 3.63. The molecule has 0 aliphatic carbocycles. The highest BCUT2D eigenvalue weighted by molar-refractivity contribution is 5.50. The maximum Gasteiger partial charge on any atom is 0.160 e. The molecule has 1 aliphatic heterocycles. The molecule has 0 saturated heterocycles. The summed E-state index contributed by atoms with van der Waals surface area (Å²) in [5.41, 5.74) is 9.34.